The molecule has 4 heteroatoms. The van der Waals surface area contributed by atoms with Gasteiger partial charge in [0.2, 0.25) is 0 Å². The fourth-order valence-electron chi connectivity index (χ4n) is 7.57. The van der Waals surface area contributed by atoms with E-state index in [9.17, 15) is 0 Å². The Hall–Kier alpha value is -7.35. The monoisotopic (exact) mass is 704 g/mol. The van der Waals surface area contributed by atoms with Crippen LogP contribution in [-0.4, -0.2) is 15.0 Å². The molecule has 0 atom stereocenters. The highest BCUT2D eigenvalue weighted by atomic mass is 15.1. The van der Waals surface area contributed by atoms with Gasteiger partial charge in [-0.15, -0.1) is 6.42 Å². The van der Waals surface area contributed by atoms with Gasteiger partial charge in [0.25, 0.3) is 0 Å². The molecule has 0 aliphatic heterocycles. The van der Waals surface area contributed by atoms with Crippen LogP contribution in [0.15, 0.2) is 182 Å². The van der Waals surface area contributed by atoms with E-state index in [1.807, 2.05) is 49.4 Å². The third kappa shape index (κ3) is 6.50. The summed E-state index contributed by atoms with van der Waals surface area (Å²) in [7, 11) is 0. The van der Waals surface area contributed by atoms with Crippen molar-refractivity contribution in [1.82, 2.24) is 15.0 Å². The van der Waals surface area contributed by atoms with Gasteiger partial charge in [-0.25, -0.2) is 15.0 Å². The van der Waals surface area contributed by atoms with E-state index in [0.29, 0.717) is 17.5 Å². The molecule has 0 amide bonds. The summed E-state index contributed by atoms with van der Waals surface area (Å²) in [6.45, 7) is 1.96. The third-order valence-electron chi connectivity index (χ3n) is 10.1. The maximum atomic E-state index is 5.73. The number of terminal acetylenes is 1. The van der Waals surface area contributed by atoms with E-state index in [1.54, 1.807) is 6.08 Å². The highest BCUT2D eigenvalue weighted by Gasteiger charge is 2.25. The van der Waals surface area contributed by atoms with E-state index in [0.717, 1.165) is 40.2 Å². The molecular formula is C51H36N4. The van der Waals surface area contributed by atoms with Gasteiger partial charge in [-0.2, -0.15) is 0 Å². The average molecular weight is 705 g/mol. The van der Waals surface area contributed by atoms with Gasteiger partial charge in [0.1, 0.15) is 0 Å². The standard InChI is InChI=1S/C51H36N4/c1-3-15-35(16-4-2)49-52-50(36-17-8-5-9-18-36)54-51(53-49)47-24-14-19-41-33-42-32-39(28-30-46(42)48(41)47)37-25-26-40-34-45(29-27-38(40)31-37)55(43-20-10-6-11-21-43)44-22-12-7-13-23-44/h1,4-32,34H,33H2,2H3/b16-4-,35-15+. The van der Waals surface area contributed by atoms with Crippen LogP contribution in [0.4, 0.5) is 17.1 Å². The topological polar surface area (TPSA) is 41.9 Å². The van der Waals surface area contributed by atoms with Gasteiger partial charge in [-0.1, -0.05) is 139 Å². The van der Waals surface area contributed by atoms with Crippen LogP contribution in [0.1, 0.15) is 23.9 Å². The number of benzene rings is 7. The van der Waals surface area contributed by atoms with Crippen molar-refractivity contribution in [2.24, 2.45) is 0 Å². The second-order valence-electron chi connectivity index (χ2n) is 13.6. The minimum atomic E-state index is 0.544. The molecule has 55 heavy (non-hydrogen) atoms. The van der Waals surface area contributed by atoms with E-state index < -0.39 is 0 Å². The van der Waals surface area contributed by atoms with Crippen molar-refractivity contribution < 1.29 is 0 Å². The zero-order chi connectivity index (χ0) is 37.1. The lowest BCUT2D eigenvalue weighted by Crippen LogP contribution is -2.09. The maximum Gasteiger partial charge on any atom is 0.164 e. The summed E-state index contributed by atoms with van der Waals surface area (Å²) >= 11 is 0. The van der Waals surface area contributed by atoms with Gasteiger partial charge in [-0.3, -0.25) is 0 Å². The summed E-state index contributed by atoms with van der Waals surface area (Å²) in [5, 5.41) is 2.39. The minimum Gasteiger partial charge on any atom is -0.310 e. The summed E-state index contributed by atoms with van der Waals surface area (Å²) in [4.78, 5) is 17.2. The van der Waals surface area contributed by atoms with E-state index >= 15 is 0 Å². The van der Waals surface area contributed by atoms with Crippen molar-refractivity contribution in [1.29, 1.82) is 0 Å². The first-order valence-electron chi connectivity index (χ1n) is 18.5. The highest BCUT2D eigenvalue weighted by Crippen LogP contribution is 2.44. The van der Waals surface area contributed by atoms with Crippen LogP contribution in [0.25, 0.3) is 61.4 Å². The number of fused-ring (bicyclic) bond motifs is 4. The Bertz CT molecular complexity index is 2760. The Labute approximate surface area is 321 Å². The first kappa shape index (κ1) is 33.5. The van der Waals surface area contributed by atoms with Crippen LogP contribution in [0.2, 0.25) is 0 Å². The van der Waals surface area contributed by atoms with Gasteiger partial charge in [0.05, 0.1) is 0 Å². The Morgan fingerprint density at radius 3 is 1.95 bits per heavy atom. The molecule has 1 aromatic heterocycles. The Balaban J connectivity index is 1.08. The molecule has 0 fully saturated rings. The van der Waals surface area contributed by atoms with Gasteiger partial charge >= 0.3 is 0 Å². The summed E-state index contributed by atoms with van der Waals surface area (Å²) in [5.74, 6) is 4.43. The van der Waals surface area contributed by atoms with Crippen LogP contribution in [0, 0.1) is 12.3 Å². The van der Waals surface area contributed by atoms with Gasteiger partial charge in [0, 0.05) is 33.8 Å². The third-order valence-corrected chi connectivity index (χ3v) is 10.1. The van der Waals surface area contributed by atoms with Gasteiger partial charge in [-0.05, 0) is 106 Å². The molecule has 0 saturated heterocycles. The summed E-state index contributed by atoms with van der Waals surface area (Å²) in [5.41, 5.74) is 13.3. The van der Waals surface area contributed by atoms with Crippen molar-refractivity contribution in [3.8, 4) is 57.4 Å². The molecule has 4 nitrogen and oxygen atoms in total. The van der Waals surface area contributed by atoms with Crippen molar-refractivity contribution >= 4 is 33.4 Å². The Morgan fingerprint density at radius 2 is 1.22 bits per heavy atom. The molecule has 7 aromatic carbocycles. The van der Waals surface area contributed by atoms with E-state index in [2.05, 4.69) is 144 Å². The minimum absolute atomic E-state index is 0.544. The van der Waals surface area contributed by atoms with Crippen LogP contribution < -0.4 is 4.90 Å². The van der Waals surface area contributed by atoms with E-state index in [4.69, 9.17) is 21.4 Å². The highest BCUT2D eigenvalue weighted by molar-refractivity contribution is 5.94. The Morgan fingerprint density at radius 1 is 0.564 bits per heavy atom. The SMILES string of the molecule is C#C/C=C(\C=C/C)c1nc(-c2ccccc2)nc(-c2cccc3c2-c2ccc(-c4ccc5cc(N(c6ccccc6)c6ccccc6)ccc5c4)cc2C3)n1. The molecular weight excluding hydrogens is 669 g/mol. The summed E-state index contributed by atoms with van der Waals surface area (Å²) in [6.07, 6.45) is 12.2. The van der Waals surface area contributed by atoms with Crippen LogP contribution >= 0.6 is 0 Å². The number of nitrogens with zero attached hydrogens (tertiary/aromatic N) is 4. The van der Waals surface area contributed by atoms with Crippen molar-refractivity contribution in [3.05, 3.63) is 199 Å². The number of hydrogen-bond donors (Lipinski definition) is 0. The molecule has 9 rings (SSSR count). The zero-order valence-electron chi connectivity index (χ0n) is 30.4. The molecule has 0 unspecified atom stereocenters. The first-order chi connectivity index (χ1) is 27.2. The smallest absolute Gasteiger partial charge is 0.164 e. The van der Waals surface area contributed by atoms with Crippen LogP contribution in [0.5, 0.6) is 0 Å². The summed E-state index contributed by atoms with van der Waals surface area (Å²) < 4.78 is 0. The van der Waals surface area contributed by atoms with E-state index in [1.165, 1.54) is 44.2 Å². The largest absolute Gasteiger partial charge is 0.310 e. The molecule has 0 N–H and O–H groups in total. The normalized spacial score (nSPS) is 12.0. The molecule has 0 saturated carbocycles. The molecule has 0 spiro atoms. The lowest BCUT2D eigenvalue weighted by atomic mass is 9.95. The van der Waals surface area contributed by atoms with Crippen LogP contribution in [-0.2, 0) is 6.42 Å². The number of anilines is 3. The predicted octanol–water partition coefficient (Wildman–Crippen LogP) is 12.7. The van der Waals surface area contributed by atoms with Gasteiger partial charge in [0.15, 0.2) is 17.5 Å². The first-order valence-corrected chi connectivity index (χ1v) is 18.5. The quantitative estimate of drug-likeness (QED) is 0.117. The number of rotatable bonds is 8. The van der Waals surface area contributed by atoms with Crippen molar-refractivity contribution in [2.75, 3.05) is 4.90 Å². The number of para-hydroxylation sites is 2. The van der Waals surface area contributed by atoms with Crippen molar-refractivity contribution in [3.63, 3.8) is 0 Å². The van der Waals surface area contributed by atoms with Crippen LogP contribution in [0.3, 0.4) is 0 Å². The van der Waals surface area contributed by atoms with Gasteiger partial charge < -0.3 is 4.90 Å². The van der Waals surface area contributed by atoms with E-state index in [-0.39, 0.29) is 0 Å². The predicted molar refractivity (Wildman–Crippen MR) is 228 cm³/mol. The molecule has 1 aliphatic carbocycles. The molecule has 1 heterocycles. The number of allylic oxidation sites excluding steroid dienone is 4. The lowest BCUT2D eigenvalue weighted by Gasteiger charge is -2.25. The average Bonchev–Trinajstić information content (AvgIpc) is 3.63. The maximum absolute atomic E-state index is 5.73. The molecule has 260 valence electrons. The van der Waals surface area contributed by atoms with Crippen molar-refractivity contribution in [2.45, 2.75) is 13.3 Å². The fourth-order valence-corrected chi connectivity index (χ4v) is 7.57. The number of hydrogen-bond acceptors (Lipinski definition) is 4. The molecule has 8 aromatic rings. The Kier molecular flexibility index (Phi) is 8.88. The fraction of sp³-hybridized carbons (Fsp3) is 0.0392. The molecule has 0 radical (unpaired) electrons. The summed E-state index contributed by atoms with van der Waals surface area (Å²) in [6, 6.07) is 57.8. The second kappa shape index (κ2) is 14.6. The zero-order valence-corrected chi connectivity index (χ0v) is 30.4. The second-order valence-corrected chi connectivity index (χ2v) is 13.6. The lowest BCUT2D eigenvalue weighted by molar-refractivity contribution is 1.04. The number of aromatic nitrogens is 3. The molecule has 0 bridgehead atoms. The molecule has 1 aliphatic rings.